The first-order chi connectivity index (χ1) is 11.5. The molecule has 2 aromatic carbocycles. The van der Waals surface area contributed by atoms with Crippen LogP contribution < -0.4 is 25.3 Å². The fourth-order valence-corrected chi connectivity index (χ4v) is 1.97. The van der Waals surface area contributed by atoms with Gasteiger partial charge in [-0.15, -0.1) is 0 Å². The number of amides is 2. The summed E-state index contributed by atoms with van der Waals surface area (Å²) in [5.41, 5.74) is 6.07. The maximum Gasteiger partial charge on any atom is 0.262 e. The molecule has 0 unspecified atom stereocenters. The largest absolute Gasteiger partial charge is 0.497 e. The third-order valence-corrected chi connectivity index (χ3v) is 3.19. The number of hydrogen-bond donors (Lipinski definition) is 2. The van der Waals surface area contributed by atoms with Gasteiger partial charge in [0.1, 0.15) is 17.2 Å². The number of primary amides is 1. The second-order valence-electron chi connectivity index (χ2n) is 4.79. The number of rotatable bonds is 7. The molecular weight excluding hydrogens is 312 g/mol. The van der Waals surface area contributed by atoms with E-state index in [9.17, 15) is 9.59 Å². The van der Waals surface area contributed by atoms with E-state index in [1.54, 1.807) is 37.4 Å². The zero-order chi connectivity index (χ0) is 17.5. The Kier molecular flexibility index (Phi) is 5.62. The summed E-state index contributed by atoms with van der Waals surface area (Å²) in [6.45, 7) is -0.278. The summed E-state index contributed by atoms with van der Waals surface area (Å²) >= 11 is 0. The number of methoxy groups -OCH3 is 2. The molecule has 0 atom stereocenters. The Morgan fingerprint density at radius 1 is 1.00 bits per heavy atom. The van der Waals surface area contributed by atoms with Crippen LogP contribution in [-0.2, 0) is 4.79 Å². The van der Waals surface area contributed by atoms with Crippen LogP contribution in [0.2, 0.25) is 0 Å². The van der Waals surface area contributed by atoms with Crippen molar-refractivity contribution >= 4 is 17.5 Å². The van der Waals surface area contributed by atoms with E-state index in [1.165, 1.54) is 19.2 Å². The molecule has 0 aliphatic carbocycles. The lowest BCUT2D eigenvalue weighted by molar-refractivity contribution is -0.118. The maximum absolute atomic E-state index is 12.0. The number of benzene rings is 2. The van der Waals surface area contributed by atoms with E-state index in [4.69, 9.17) is 19.9 Å². The predicted molar refractivity (Wildman–Crippen MR) is 88.6 cm³/mol. The number of hydrogen-bond acceptors (Lipinski definition) is 5. The summed E-state index contributed by atoms with van der Waals surface area (Å²) in [6, 6.07) is 11.4. The Balaban J connectivity index is 2.01. The van der Waals surface area contributed by atoms with Gasteiger partial charge in [-0.1, -0.05) is 0 Å². The number of nitrogens with two attached hydrogens (primary N) is 1. The molecule has 0 spiro atoms. The number of ether oxygens (including phenoxy) is 3. The molecule has 3 N–H and O–H groups in total. The minimum atomic E-state index is -0.650. The molecule has 2 amide bonds. The van der Waals surface area contributed by atoms with Crippen molar-refractivity contribution in [2.45, 2.75) is 0 Å². The minimum Gasteiger partial charge on any atom is -0.497 e. The zero-order valence-electron chi connectivity index (χ0n) is 13.4. The normalized spacial score (nSPS) is 9.92. The summed E-state index contributed by atoms with van der Waals surface area (Å²) in [7, 11) is 3.05. The number of nitrogens with one attached hydrogen (secondary N) is 1. The monoisotopic (exact) mass is 330 g/mol. The molecule has 0 aromatic heterocycles. The van der Waals surface area contributed by atoms with Gasteiger partial charge in [0.15, 0.2) is 6.61 Å². The van der Waals surface area contributed by atoms with Crippen molar-refractivity contribution in [1.29, 1.82) is 0 Å². The molecule has 2 rings (SSSR count). The Morgan fingerprint density at radius 2 is 1.62 bits per heavy atom. The molecule has 24 heavy (non-hydrogen) atoms. The quantitative estimate of drug-likeness (QED) is 0.806. The first-order valence-electron chi connectivity index (χ1n) is 7.08. The lowest BCUT2D eigenvalue weighted by Crippen LogP contribution is -2.21. The van der Waals surface area contributed by atoms with Crippen LogP contribution in [-0.4, -0.2) is 32.6 Å². The molecule has 0 radical (unpaired) electrons. The molecule has 0 heterocycles. The van der Waals surface area contributed by atoms with Crippen molar-refractivity contribution < 1.29 is 23.8 Å². The van der Waals surface area contributed by atoms with Crippen LogP contribution in [0.3, 0.4) is 0 Å². The predicted octanol–water partition coefficient (Wildman–Crippen LogP) is 1.82. The lowest BCUT2D eigenvalue weighted by atomic mass is 10.2. The van der Waals surface area contributed by atoms with E-state index in [0.717, 1.165) is 0 Å². The van der Waals surface area contributed by atoms with E-state index in [0.29, 0.717) is 17.2 Å². The average Bonchev–Trinajstić information content (AvgIpc) is 2.60. The highest BCUT2D eigenvalue weighted by Gasteiger charge is 2.12. The van der Waals surface area contributed by atoms with Crippen molar-refractivity contribution in [2.24, 2.45) is 5.73 Å². The molecule has 7 nitrogen and oxygen atoms in total. The van der Waals surface area contributed by atoms with Crippen molar-refractivity contribution in [3.05, 3.63) is 48.0 Å². The van der Waals surface area contributed by atoms with E-state index < -0.39 is 5.91 Å². The topological polar surface area (TPSA) is 99.9 Å². The third kappa shape index (κ3) is 4.39. The standard InChI is InChI=1S/C17H18N2O5/c1-22-12-5-3-11(4-6-12)19-16(20)10-24-15-9-13(23-2)7-8-14(15)17(18)21/h3-9H,10H2,1-2H3,(H2,18,21)(H,19,20). The lowest BCUT2D eigenvalue weighted by Gasteiger charge is -2.11. The van der Waals surface area contributed by atoms with Gasteiger partial charge in [0.25, 0.3) is 11.8 Å². The molecule has 0 bridgehead atoms. The smallest absolute Gasteiger partial charge is 0.262 e. The first kappa shape index (κ1) is 17.1. The van der Waals surface area contributed by atoms with E-state index in [1.807, 2.05) is 0 Å². The van der Waals surface area contributed by atoms with Gasteiger partial charge in [-0.25, -0.2) is 0 Å². The van der Waals surface area contributed by atoms with Crippen LogP contribution in [0, 0.1) is 0 Å². The fraction of sp³-hybridized carbons (Fsp3) is 0.176. The second kappa shape index (κ2) is 7.87. The van der Waals surface area contributed by atoms with Gasteiger partial charge in [0.05, 0.1) is 19.8 Å². The van der Waals surface area contributed by atoms with Crippen LogP contribution in [0.25, 0.3) is 0 Å². The van der Waals surface area contributed by atoms with Gasteiger partial charge in [-0.05, 0) is 36.4 Å². The highest BCUT2D eigenvalue weighted by molar-refractivity contribution is 5.96. The Morgan fingerprint density at radius 3 is 2.21 bits per heavy atom. The molecular formula is C17H18N2O5. The van der Waals surface area contributed by atoms with Crippen molar-refractivity contribution in [2.75, 3.05) is 26.1 Å². The van der Waals surface area contributed by atoms with Gasteiger partial charge in [-0.2, -0.15) is 0 Å². The molecule has 0 fully saturated rings. The zero-order valence-corrected chi connectivity index (χ0v) is 13.4. The SMILES string of the molecule is COc1ccc(NC(=O)COc2cc(OC)ccc2C(N)=O)cc1. The van der Waals surface area contributed by atoms with Crippen molar-refractivity contribution in [3.8, 4) is 17.2 Å². The summed E-state index contributed by atoms with van der Waals surface area (Å²) in [6.07, 6.45) is 0. The number of carbonyl (C=O) groups excluding carboxylic acids is 2. The van der Waals surface area contributed by atoms with Crippen molar-refractivity contribution in [1.82, 2.24) is 0 Å². The molecule has 0 saturated heterocycles. The highest BCUT2D eigenvalue weighted by atomic mass is 16.5. The highest BCUT2D eigenvalue weighted by Crippen LogP contribution is 2.24. The molecule has 0 saturated carbocycles. The Hall–Kier alpha value is -3.22. The maximum atomic E-state index is 12.0. The van der Waals surface area contributed by atoms with Gasteiger partial charge >= 0.3 is 0 Å². The summed E-state index contributed by atoms with van der Waals surface area (Å²) in [5, 5.41) is 2.67. The van der Waals surface area contributed by atoms with E-state index >= 15 is 0 Å². The van der Waals surface area contributed by atoms with E-state index in [-0.39, 0.29) is 23.8 Å². The fourth-order valence-electron chi connectivity index (χ4n) is 1.97. The van der Waals surface area contributed by atoms with Gasteiger partial charge < -0.3 is 25.3 Å². The molecule has 126 valence electrons. The third-order valence-electron chi connectivity index (χ3n) is 3.19. The average molecular weight is 330 g/mol. The summed E-state index contributed by atoms with van der Waals surface area (Å²) in [4.78, 5) is 23.4. The van der Waals surface area contributed by atoms with Crippen LogP contribution in [0.1, 0.15) is 10.4 Å². The molecule has 2 aromatic rings. The second-order valence-corrected chi connectivity index (χ2v) is 4.79. The first-order valence-corrected chi connectivity index (χ1v) is 7.08. The van der Waals surface area contributed by atoms with Crippen LogP contribution >= 0.6 is 0 Å². The van der Waals surface area contributed by atoms with Crippen LogP contribution in [0.15, 0.2) is 42.5 Å². The molecule has 7 heteroatoms. The summed E-state index contributed by atoms with van der Waals surface area (Å²) in [5.74, 6) is 0.339. The van der Waals surface area contributed by atoms with Gasteiger partial charge in [0, 0.05) is 11.8 Å². The van der Waals surface area contributed by atoms with Gasteiger partial charge in [0.2, 0.25) is 0 Å². The minimum absolute atomic E-state index is 0.174. The van der Waals surface area contributed by atoms with Crippen molar-refractivity contribution in [3.63, 3.8) is 0 Å². The Bertz CT molecular complexity index is 728. The molecule has 0 aliphatic rings. The summed E-state index contributed by atoms with van der Waals surface area (Å²) < 4.78 is 15.5. The van der Waals surface area contributed by atoms with Crippen LogP contribution in [0.4, 0.5) is 5.69 Å². The van der Waals surface area contributed by atoms with E-state index in [2.05, 4.69) is 5.32 Å². The van der Waals surface area contributed by atoms with Crippen LogP contribution in [0.5, 0.6) is 17.2 Å². The molecule has 0 aliphatic heterocycles. The van der Waals surface area contributed by atoms with Gasteiger partial charge in [-0.3, -0.25) is 9.59 Å². The number of anilines is 1. The number of carbonyl (C=O) groups is 2. The Labute approximate surface area is 139 Å².